The van der Waals surface area contributed by atoms with Crippen molar-refractivity contribution in [2.75, 3.05) is 25.1 Å². The molecule has 16 heavy (non-hydrogen) atoms. The Hall–Kier alpha value is -1.29. The molecule has 0 spiro atoms. The van der Waals surface area contributed by atoms with Gasteiger partial charge in [-0.2, -0.15) is 0 Å². The monoisotopic (exact) mass is 221 g/mol. The molecule has 1 aromatic rings. The van der Waals surface area contributed by atoms with E-state index < -0.39 is 0 Å². The molecular weight excluding hydrogens is 202 g/mol. The minimum atomic E-state index is 0.509. The van der Waals surface area contributed by atoms with E-state index in [0.29, 0.717) is 12.1 Å². The first-order chi connectivity index (χ1) is 7.69. The van der Waals surface area contributed by atoms with Crippen LogP contribution in [0, 0.1) is 0 Å². The van der Waals surface area contributed by atoms with E-state index in [2.05, 4.69) is 29.0 Å². The first kappa shape index (κ1) is 11.2. The van der Waals surface area contributed by atoms with Crippen LogP contribution in [-0.2, 0) is 0 Å². The fraction of sp³-hybridized carbons (Fsp3) is 0.583. The van der Waals surface area contributed by atoms with E-state index in [9.17, 15) is 0 Å². The van der Waals surface area contributed by atoms with Gasteiger partial charge < -0.3 is 15.0 Å². The summed E-state index contributed by atoms with van der Waals surface area (Å²) in [5.74, 6) is 0.816. The molecule has 4 nitrogen and oxygen atoms in total. The number of nitrogens with one attached hydrogen (secondary N) is 1. The fourth-order valence-electron chi connectivity index (χ4n) is 2.23. The molecule has 1 fully saturated rings. The molecule has 1 N–H and O–H groups in total. The van der Waals surface area contributed by atoms with Crippen molar-refractivity contribution in [3.05, 3.63) is 18.5 Å². The molecule has 0 radical (unpaired) electrons. The van der Waals surface area contributed by atoms with Gasteiger partial charge in [-0.3, -0.25) is 4.98 Å². The lowest BCUT2D eigenvalue weighted by Gasteiger charge is -2.37. The Morgan fingerprint density at radius 3 is 2.62 bits per heavy atom. The van der Waals surface area contributed by atoms with E-state index in [1.165, 1.54) is 0 Å². The SMILES string of the molecule is COc1cncc(N2CC(C)NC(C)C2)c1. The number of aromatic nitrogens is 1. The van der Waals surface area contributed by atoms with Gasteiger partial charge in [0.1, 0.15) is 5.75 Å². The van der Waals surface area contributed by atoms with Crippen molar-refractivity contribution in [2.45, 2.75) is 25.9 Å². The van der Waals surface area contributed by atoms with Gasteiger partial charge in [-0.25, -0.2) is 0 Å². The summed E-state index contributed by atoms with van der Waals surface area (Å²) in [6.45, 7) is 6.44. The number of ether oxygens (including phenoxy) is 1. The summed E-state index contributed by atoms with van der Waals surface area (Å²) in [6.07, 6.45) is 3.63. The van der Waals surface area contributed by atoms with Crippen LogP contribution in [0.2, 0.25) is 0 Å². The maximum Gasteiger partial charge on any atom is 0.139 e. The predicted molar refractivity (Wildman–Crippen MR) is 65.1 cm³/mol. The largest absolute Gasteiger partial charge is 0.495 e. The Labute approximate surface area is 96.6 Å². The minimum Gasteiger partial charge on any atom is -0.495 e. The maximum atomic E-state index is 5.19. The molecule has 0 aliphatic carbocycles. The average Bonchev–Trinajstić information content (AvgIpc) is 2.28. The third kappa shape index (κ3) is 2.44. The zero-order valence-corrected chi connectivity index (χ0v) is 10.1. The summed E-state index contributed by atoms with van der Waals surface area (Å²) in [4.78, 5) is 6.54. The van der Waals surface area contributed by atoms with Crippen molar-refractivity contribution in [1.82, 2.24) is 10.3 Å². The lowest BCUT2D eigenvalue weighted by atomic mass is 10.1. The molecule has 1 aromatic heterocycles. The standard InChI is InChI=1S/C12H19N3O/c1-9-7-15(8-10(2)14-9)11-4-12(16-3)6-13-5-11/h4-6,9-10,14H,7-8H2,1-3H3. The zero-order chi connectivity index (χ0) is 11.5. The Kier molecular flexibility index (Phi) is 3.29. The number of hydrogen-bond donors (Lipinski definition) is 1. The Balaban J connectivity index is 2.16. The molecule has 0 aromatic carbocycles. The minimum absolute atomic E-state index is 0.509. The average molecular weight is 221 g/mol. The van der Waals surface area contributed by atoms with Crippen LogP contribution in [0.1, 0.15) is 13.8 Å². The second-order valence-corrected chi connectivity index (χ2v) is 4.46. The molecular formula is C12H19N3O. The number of rotatable bonds is 2. The van der Waals surface area contributed by atoms with Gasteiger partial charge in [-0.15, -0.1) is 0 Å². The van der Waals surface area contributed by atoms with Crippen molar-refractivity contribution in [1.29, 1.82) is 0 Å². The highest BCUT2D eigenvalue weighted by atomic mass is 16.5. The summed E-state index contributed by atoms with van der Waals surface area (Å²) >= 11 is 0. The van der Waals surface area contributed by atoms with Crippen molar-refractivity contribution in [3.63, 3.8) is 0 Å². The van der Waals surface area contributed by atoms with Gasteiger partial charge in [0.05, 0.1) is 25.2 Å². The summed E-state index contributed by atoms with van der Waals surface area (Å²) in [5.41, 5.74) is 1.14. The van der Waals surface area contributed by atoms with Crippen LogP contribution >= 0.6 is 0 Å². The molecule has 1 aliphatic rings. The molecule has 0 amide bonds. The molecule has 0 saturated carbocycles. The van der Waals surface area contributed by atoms with Crippen LogP contribution in [0.5, 0.6) is 5.75 Å². The molecule has 1 aliphatic heterocycles. The Morgan fingerprint density at radius 2 is 2.00 bits per heavy atom. The lowest BCUT2D eigenvalue weighted by Crippen LogP contribution is -2.54. The van der Waals surface area contributed by atoms with Crippen molar-refractivity contribution < 1.29 is 4.74 Å². The number of hydrogen-bond acceptors (Lipinski definition) is 4. The number of methoxy groups -OCH3 is 1. The maximum absolute atomic E-state index is 5.19. The first-order valence-corrected chi connectivity index (χ1v) is 5.69. The van der Waals surface area contributed by atoms with Crippen molar-refractivity contribution in [2.24, 2.45) is 0 Å². The van der Waals surface area contributed by atoms with Gasteiger partial charge in [-0.05, 0) is 13.8 Å². The summed E-state index contributed by atoms with van der Waals surface area (Å²) in [6, 6.07) is 3.06. The second kappa shape index (κ2) is 4.70. The number of anilines is 1. The van der Waals surface area contributed by atoms with Gasteiger partial charge in [0, 0.05) is 31.2 Å². The fourth-order valence-corrected chi connectivity index (χ4v) is 2.23. The highest BCUT2D eigenvalue weighted by molar-refractivity contribution is 5.48. The molecule has 88 valence electrons. The smallest absolute Gasteiger partial charge is 0.139 e. The first-order valence-electron chi connectivity index (χ1n) is 5.69. The van der Waals surface area contributed by atoms with E-state index >= 15 is 0 Å². The highest BCUT2D eigenvalue weighted by Gasteiger charge is 2.21. The topological polar surface area (TPSA) is 37.4 Å². The van der Waals surface area contributed by atoms with Crippen molar-refractivity contribution >= 4 is 5.69 Å². The molecule has 2 unspecified atom stereocenters. The van der Waals surface area contributed by atoms with Crippen LogP contribution in [-0.4, -0.2) is 37.3 Å². The molecule has 1 saturated heterocycles. The third-order valence-electron chi connectivity index (χ3n) is 2.86. The molecule has 0 bridgehead atoms. The lowest BCUT2D eigenvalue weighted by molar-refractivity contribution is 0.402. The Morgan fingerprint density at radius 1 is 1.31 bits per heavy atom. The summed E-state index contributed by atoms with van der Waals surface area (Å²) < 4.78 is 5.19. The van der Waals surface area contributed by atoms with E-state index in [0.717, 1.165) is 24.5 Å². The zero-order valence-electron chi connectivity index (χ0n) is 10.1. The van der Waals surface area contributed by atoms with E-state index in [1.54, 1.807) is 13.3 Å². The van der Waals surface area contributed by atoms with E-state index in [1.807, 2.05) is 12.3 Å². The van der Waals surface area contributed by atoms with Crippen LogP contribution in [0.15, 0.2) is 18.5 Å². The summed E-state index contributed by atoms with van der Waals surface area (Å²) in [7, 11) is 1.67. The normalized spacial score (nSPS) is 25.6. The second-order valence-electron chi connectivity index (χ2n) is 4.46. The number of nitrogens with zero attached hydrogens (tertiary/aromatic N) is 2. The van der Waals surface area contributed by atoms with Gasteiger partial charge in [0.2, 0.25) is 0 Å². The van der Waals surface area contributed by atoms with Gasteiger partial charge in [0.15, 0.2) is 0 Å². The van der Waals surface area contributed by atoms with E-state index in [4.69, 9.17) is 4.74 Å². The van der Waals surface area contributed by atoms with Crippen LogP contribution < -0.4 is 15.0 Å². The molecule has 2 heterocycles. The number of piperazine rings is 1. The van der Waals surface area contributed by atoms with Crippen molar-refractivity contribution in [3.8, 4) is 5.75 Å². The third-order valence-corrected chi connectivity index (χ3v) is 2.86. The van der Waals surface area contributed by atoms with E-state index in [-0.39, 0.29) is 0 Å². The number of pyridine rings is 1. The molecule has 2 rings (SSSR count). The molecule has 4 heteroatoms. The van der Waals surface area contributed by atoms with Gasteiger partial charge >= 0.3 is 0 Å². The van der Waals surface area contributed by atoms with Crippen LogP contribution in [0.25, 0.3) is 0 Å². The van der Waals surface area contributed by atoms with Crippen LogP contribution in [0.3, 0.4) is 0 Å². The van der Waals surface area contributed by atoms with Gasteiger partial charge in [0.25, 0.3) is 0 Å². The predicted octanol–water partition coefficient (Wildman–Crippen LogP) is 1.28. The van der Waals surface area contributed by atoms with Gasteiger partial charge in [-0.1, -0.05) is 0 Å². The quantitative estimate of drug-likeness (QED) is 0.816. The van der Waals surface area contributed by atoms with Crippen LogP contribution in [0.4, 0.5) is 5.69 Å². The summed E-state index contributed by atoms with van der Waals surface area (Å²) in [5, 5.41) is 3.51. The highest BCUT2D eigenvalue weighted by Crippen LogP contribution is 2.21. The molecule has 2 atom stereocenters. The Bertz CT molecular complexity index is 346.